The van der Waals surface area contributed by atoms with Gasteiger partial charge in [-0.15, -0.1) is 0 Å². The topological polar surface area (TPSA) is 7.76 Å². The van der Waals surface area contributed by atoms with Crippen molar-refractivity contribution in [2.45, 2.75) is 45.2 Å². The fraction of sp³-hybridized carbons (Fsp3) is 0.189. The fourth-order valence-corrected chi connectivity index (χ4v) is 7.48. The lowest BCUT2D eigenvalue weighted by molar-refractivity contribution is -0.806. The number of nitrogens with zero attached hydrogens (tertiary/aromatic N) is 2. The third-order valence-electron chi connectivity index (χ3n) is 9.52. The molecule has 3 aliphatic rings. The van der Waals surface area contributed by atoms with Crippen molar-refractivity contribution >= 4 is 0 Å². The Hall–Kier alpha value is -4.30. The van der Waals surface area contributed by atoms with E-state index in [0.29, 0.717) is 5.92 Å². The van der Waals surface area contributed by atoms with Crippen molar-refractivity contribution in [2.24, 2.45) is 0 Å². The molecule has 0 amide bonds. The summed E-state index contributed by atoms with van der Waals surface area (Å²) in [6.07, 6.45) is 6.08. The summed E-state index contributed by atoms with van der Waals surface area (Å²) < 4.78 is 5.20. The second kappa shape index (κ2) is 8.10. The molecule has 2 aromatic heterocycles. The monoisotopic (exact) mass is 504 g/mol. The molecule has 2 aliphatic heterocycles. The van der Waals surface area contributed by atoms with Crippen molar-refractivity contribution in [3.05, 3.63) is 143 Å². The summed E-state index contributed by atoms with van der Waals surface area (Å²) in [6, 6.07) is 35.7. The Morgan fingerprint density at radius 2 is 1.44 bits per heavy atom. The van der Waals surface area contributed by atoms with Gasteiger partial charge in [-0.1, -0.05) is 72.8 Å². The summed E-state index contributed by atoms with van der Waals surface area (Å²) in [5.41, 5.74) is 16.5. The summed E-state index contributed by atoms with van der Waals surface area (Å²) in [5.74, 6) is 0.442. The van der Waals surface area contributed by atoms with E-state index in [9.17, 15) is 0 Å². The molecule has 188 valence electrons. The SMILES string of the molecule is Cc1cc(-c2ccccc2C)[n+](CC2=CC3c4ccccc4-c4ccc(C)c5[n+]4C23C5)cc1-c1ccccc1. The smallest absolute Gasteiger partial charge is 0.193 e. The molecule has 0 saturated heterocycles. The molecule has 39 heavy (non-hydrogen) atoms. The lowest BCUT2D eigenvalue weighted by Crippen LogP contribution is -2.78. The zero-order valence-electron chi connectivity index (χ0n) is 22.8. The van der Waals surface area contributed by atoms with Crippen LogP contribution in [-0.4, -0.2) is 0 Å². The van der Waals surface area contributed by atoms with Crippen LogP contribution in [0.1, 0.15) is 33.9 Å². The number of rotatable bonds is 4. The predicted octanol–water partition coefficient (Wildman–Crippen LogP) is 7.18. The minimum absolute atomic E-state index is 0.0544. The van der Waals surface area contributed by atoms with Gasteiger partial charge in [0.25, 0.3) is 0 Å². The summed E-state index contributed by atoms with van der Waals surface area (Å²) >= 11 is 0. The molecule has 0 bridgehead atoms. The molecule has 0 radical (unpaired) electrons. The van der Waals surface area contributed by atoms with Gasteiger partial charge in [0, 0.05) is 28.8 Å². The molecule has 5 aromatic rings. The van der Waals surface area contributed by atoms with Gasteiger partial charge in [-0.3, -0.25) is 0 Å². The second-order valence-electron chi connectivity index (χ2n) is 11.6. The Balaban J connectivity index is 1.31. The number of hydrogen-bond acceptors (Lipinski definition) is 0. The molecule has 1 aliphatic carbocycles. The second-order valence-corrected chi connectivity index (χ2v) is 11.6. The number of pyridine rings is 2. The van der Waals surface area contributed by atoms with Gasteiger partial charge in [-0.2, -0.15) is 9.13 Å². The largest absolute Gasteiger partial charge is 0.216 e. The summed E-state index contributed by atoms with van der Waals surface area (Å²) in [4.78, 5) is 0. The molecule has 2 atom stereocenters. The van der Waals surface area contributed by atoms with Crippen LogP contribution in [0.3, 0.4) is 0 Å². The summed E-state index contributed by atoms with van der Waals surface area (Å²) in [5, 5.41) is 0. The van der Waals surface area contributed by atoms with Crippen molar-refractivity contribution in [1.29, 1.82) is 0 Å². The Bertz CT molecular complexity index is 1850. The van der Waals surface area contributed by atoms with Crippen LogP contribution in [0.25, 0.3) is 33.6 Å². The number of allylic oxidation sites excluding steroid dienone is 2. The van der Waals surface area contributed by atoms with Crippen molar-refractivity contribution < 1.29 is 9.13 Å². The maximum atomic E-state index is 2.69. The molecule has 2 heteroatoms. The molecule has 2 nitrogen and oxygen atoms in total. The molecule has 0 fully saturated rings. The van der Waals surface area contributed by atoms with E-state index in [-0.39, 0.29) is 5.54 Å². The first-order valence-corrected chi connectivity index (χ1v) is 14.1. The first-order valence-electron chi connectivity index (χ1n) is 14.1. The maximum absolute atomic E-state index is 2.69. The Labute approximate surface area is 230 Å². The Morgan fingerprint density at radius 1 is 0.692 bits per heavy atom. The highest BCUT2D eigenvalue weighted by Crippen LogP contribution is 2.58. The Morgan fingerprint density at radius 3 is 2.26 bits per heavy atom. The maximum Gasteiger partial charge on any atom is 0.216 e. The van der Waals surface area contributed by atoms with Crippen LogP contribution in [0.15, 0.2) is 115 Å². The van der Waals surface area contributed by atoms with Crippen molar-refractivity contribution in [3.8, 4) is 33.6 Å². The normalized spacial score (nSPS) is 19.7. The number of hydrogen-bond donors (Lipinski definition) is 0. The van der Waals surface area contributed by atoms with Gasteiger partial charge >= 0.3 is 0 Å². The first kappa shape index (κ1) is 22.7. The quantitative estimate of drug-likeness (QED) is 0.181. The third kappa shape index (κ3) is 3.03. The Kier molecular flexibility index (Phi) is 4.71. The number of fused-ring (bicyclic) bond motifs is 3. The van der Waals surface area contributed by atoms with Gasteiger partial charge in [0.1, 0.15) is 6.42 Å². The number of aromatic nitrogens is 2. The van der Waals surface area contributed by atoms with E-state index < -0.39 is 0 Å². The highest BCUT2D eigenvalue weighted by atomic mass is 15.2. The van der Waals surface area contributed by atoms with Crippen molar-refractivity contribution in [3.63, 3.8) is 0 Å². The van der Waals surface area contributed by atoms with Gasteiger partial charge in [0.15, 0.2) is 18.4 Å². The van der Waals surface area contributed by atoms with Crippen LogP contribution < -0.4 is 9.13 Å². The van der Waals surface area contributed by atoms with Crippen LogP contribution in [0, 0.1) is 20.8 Å². The molecule has 0 N–H and O–H groups in total. The van der Waals surface area contributed by atoms with Gasteiger partial charge < -0.3 is 0 Å². The fourth-order valence-electron chi connectivity index (χ4n) is 7.48. The molecular formula is C37H32N2+2. The molecule has 2 unspecified atom stereocenters. The van der Waals surface area contributed by atoms with E-state index in [1.54, 1.807) is 0 Å². The minimum atomic E-state index is 0.0544. The average molecular weight is 505 g/mol. The lowest BCUT2D eigenvalue weighted by atomic mass is 9.55. The third-order valence-corrected chi connectivity index (χ3v) is 9.52. The van der Waals surface area contributed by atoms with E-state index in [1.807, 2.05) is 0 Å². The summed E-state index contributed by atoms with van der Waals surface area (Å²) in [6.45, 7) is 7.63. The highest BCUT2D eigenvalue weighted by molar-refractivity contribution is 5.71. The molecule has 3 aromatic carbocycles. The van der Waals surface area contributed by atoms with Gasteiger partial charge in [0.2, 0.25) is 16.9 Å². The van der Waals surface area contributed by atoms with Crippen LogP contribution in [0.2, 0.25) is 0 Å². The van der Waals surface area contributed by atoms with E-state index in [4.69, 9.17) is 0 Å². The van der Waals surface area contributed by atoms with Crippen LogP contribution in [-0.2, 0) is 18.5 Å². The van der Waals surface area contributed by atoms with Crippen molar-refractivity contribution in [1.82, 2.24) is 0 Å². The lowest BCUT2D eigenvalue weighted by Gasteiger charge is -2.52. The molecule has 0 saturated carbocycles. The standard InChI is InChI=1S/C37H32N2/c1-24-11-7-8-14-29(24)35-19-26(3)32(27-12-5-4-6-13-27)23-38(35)22-28-20-33-30-15-9-10-16-31(30)34-18-17-25(2)36-21-37(28,33)39(34)36/h4-20,23,33H,21-22H2,1-3H3/q+2. The van der Waals surface area contributed by atoms with Crippen LogP contribution >= 0.6 is 0 Å². The molecule has 1 spiro atoms. The van der Waals surface area contributed by atoms with Gasteiger partial charge in [0.05, 0.1) is 17.1 Å². The zero-order valence-corrected chi connectivity index (χ0v) is 22.8. The van der Waals surface area contributed by atoms with Crippen molar-refractivity contribution in [2.75, 3.05) is 0 Å². The minimum Gasteiger partial charge on any atom is -0.193 e. The first-order chi connectivity index (χ1) is 19.1. The van der Waals surface area contributed by atoms with Gasteiger partial charge in [-0.05, 0) is 61.2 Å². The van der Waals surface area contributed by atoms with E-state index >= 15 is 0 Å². The number of aryl methyl sites for hydroxylation is 3. The predicted molar refractivity (Wildman–Crippen MR) is 156 cm³/mol. The highest BCUT2D eigenvalue weighted by Gasteiger charge is 2.69. The molecule has 4 heterocycles. The average Bonchev–Trinajstić information content (AvgIpc) is 2.93. The molecular weight excluding hydrogens is 472 g/mol. The van der Waals surface area contributed by atoms with E-state index in [1.165, 1.54) is 67.2 Å². The van der Waals surface area contributed by atoms with Crippen LogP contribution in [0.5, 0.6) is 0 Å². The van der Waals surface area contributed by atoms with Crippen LogP contribution in [0.4, 0.5) is 0 Å². The van der Waals surface area contributed by atoms with Gasteiger partial charge in [-0.25, -0.2) is 0 Å². The van der Waals surface area contributed by atoms with E-state index in [2.05, 4.69) is 139 Å². The van der Waals surface area contributed by atoms with E-state index in [0.717, 1.165) is 13.0 Å². The zero-order chi connectivity index (χ0) is 26.3. The number of benzene rings is 3. The summed E-state index contributed by atoms with van der Waals surface area (Å²) in [7, 11) is 0. The molecule has 8 rings (SSSR count).